The molecule has 0 fully saturated rings. The number of hydrogen-bond donors (Lipinski definition) is 2. The van der Waals surface area contributed by atoms with Gasteiger partial charge in [-0.25, -0.2) is 8.42 Å². The Bertz CT molecular complexity index is 1170. The van der Waals surface area contributed by atoms with Crippen LogP contribution in [0, 0.1) is 0 Å². The molecule has 2 N–H and O–H groups in total. The van der Waals surface area contributed by atoms with E-state index < -0.39 is 10.0 Å². The van der Waals surface area contributed by atoms with E-state index in [1.165, 1.54) is 23.9 Å². The van der Waals surface area contributed by atoms with E-state index >= 15 is 0 Å². The number of hydrogen-bond acceptors (Lipinski definition) is 4. The zero-order chi connectivity index (χ0) is 22.4. The smallest absolute Gasteiger partial charge is 0.261 e. The van der Waals surface area contributed by atoms with E-state index in [1.54, 1.807) is 48.5 Å². The van der Waals surface area contributed by atoms with Gasteiger partial charge in [0.25, 0.3) is 10.0 Å². The second-order valence-corrected chi connectivity index (χ2v) is 10.8. The average Bonchev–Trinajstić information content (AvgIpc) is 2.72. The van der Waals surface area contributed by atoms with Crippen molar-refractivity contribution in [3.8, 4) is 0 Å². The molecule has 0 saturated heterocycles. The molecule has 5 nitrogen and oxygen atoms in total. The molecule has 3 aromatic carbocycles. The van der Waals surface area contributed by atoms with Gasteiger partial charge in [-0.1, -0.05) is 45.2 Å². The van der Waals surface area contributed by atoms with Gasteiger partial charge in [0.2, 0.25) is 5.91 Å². The first kappa shape index (κ1) is 23.9. The van der Waals surface area contributed by atoms with Crippen molar-refractivity contribution >= 4 is 78.2 Å². The highest BCUT2D eigenvalue weighted by Crippen LogP contribution is 2.25. The van der Waals surface area contributed by atoms with E-state index in [4.69, 9.17) is 23.2 Å². The van der Waals surface area contributed by atoms with Gasteiger partial charge < -0.3 is 5.32 Å². The number of halogens is 3. The standard InChI is InChI=1S/C21H17BrCl2N2O3S2/c22-15-2-4-17(5-3-15)26-31(28,29)18-8-6-16(7-9-18)25-21(27)13-30-12-14-1-10-19(23)20(24)11-14/h1-11,26H,12-13H2,(H,25,27). The maximum Gasteiger partial charge on any atom is 0.261 e. The van der Waals surface area contributed by atoms with Gasteiger partial charge in [0.1, 0.15) is 0 Å². The van der Waals surface area contributed by atoms with Crippen LogP contribution in [0.3, 0.4) is 0 Å². The first-order valence-electron chi connectivity index (χ1n) is 8.93. The fourth-order valence-corrected chi connectivity index (χ4v) is 4.96. The third-order valence-corrected chi connectivity index (χ3v) is 7.70. The summed E-state index contributed by atoms with van der Waals surface area (Å²) in [5.74, 6) is 0.669. The number of nitrogens with one attached hydrogen (secondary N) is 2. The van der Waals surface area contributed by atoms with Crippen molar-refractivity contribution in [2.75, 3.05) is 15.8 Å². The number of anilines is 2. The second kappa shape index (κ2) is 10.7. The van der Waals surface area contributed by atoms with Crippen molar-refractivity contribution in [1.29, 1.82) is 0 Å². The Kier molecular flexibility index (Phi) is 8.30. The van der Waals surface area contributed by atoms with Crippen LogP contribution >= 0.6 is 50.9 Å². The number of amides is 1. The van der Waals surface area contributed by atoms with Crippen LogP contribution in [0.4, 0.5) is 11.4 Å². The molecule has 0 aliphatic carbocycles. The molecule has 0 radical (unpaired) electrons. The van der Waals surface area contributed by atoms with E-state index in [-0.39, 0.29) is 16.6 Å². The Morgan fingerprint density at radius 1 is 0.903 bits per heavy atom. The van der Waals surface area contributed by atoms with Crippen molar-refractivity contribution in [3.63, 3.8) is 0 Å². The molecule has 0 heterocycles. The van der Waals surface area contributed by atoms with Crippen LogP contribution in [0.2, 0.25) is 10.0 Å². The molecule has 0 bridgehead atoms. The lowest BCUT2D eigenvalue weighted by Crippen LogP contribution is -2.15. The summed E-state index contributed by atoms with van der Waals surface area (Å²) in [4.78, 5) is 12.3. The number of thioether (sulfide) groups is 1. The number of benzene rings is 3. The first-order valence-corrected chi connectivity index (χ1v) is 13.1. The Morgan fingerprint density at radius 3 is 2.19 bits per heavy atom. The largest absolute Gasteiger partial charge is 0.325 e. The van der Waals surface area contributed by atoms with Gasteiger partial charge in [-0.3, -0.25) is 9.52 Å². The average molecular weight is 560 g/mol. The molecule has 0 unspecified atom stereocenters. The molecular formula is C21H17BrCl2N2O3S2. The Labute approximate surface area is 203 Å². The summed E-state index contributed by atoms with van der Waals surface area (Å²) in [7, 11) is -3.73. The highest BCUT2D eigenvalue weighted by Gasteiger charge is 2.14. The van der Waals surface area contributed by atoms with Gasteiger partial charge in [0.15, 0.2) is 0 Å². The first-order chi connectivity index (χ1) is 14.7. The lowest BCUT2D eigenvalue weighted by atomic mass is 10.2. The van der Waals surface area contributed by atoms with Crippen molar-refractivity contribution in [2.24, 2.45) is 0 Å². The maximum absolute atomic E-state index is 12.5. The molecule has 1 amide bonds. The Hall–Kier alpha value is -1.71. The van der Waals surface area contributed by atoms with Crippen LogP contribution in [0.5, 0.6) is 0 Å². The maximum atomic E-state index is 12.5. The quantitative estimate of drug-likeness (QED) is 0.333. The molecule has 3 aromatic rings. The minimum atomic E-state index is -3.73. The second-order valence-electron chi connectivity index (χ2n) is 6.43. The molecule has 0 aromatic heterocycles. The van der Waals surface area contributed by atoms with E-state index in [0.717, 1.165) is 10.0 Å². The fraction of sp³-hybridized carbons (Fsp3) is 0.0952. The van der Waals surface area contributed by atoms with E-state index in [2.05, 4.69) is 26.0 Å². The lowest BCUT2D eigenvalue weighted by Gasteiger charge is -2.10. The molecule has 31 heavy (non-hydrogen) atoms. The zero-order valence-electron chi connectivity index (χ0n) is 15.9. The van der Waals surface area contributed by atoms with Crippen LogP contribution in [0.15, 0.2) is 76.1 Å². The number of sulfonamides is 1. The number of carbonyl (C=O) groups is 1. The molecule has 0 aliphatic heterocycles. The molecule has 0 saturated carbocycles. The predicted molar refractivity (Wildman–Crippen MR) is 133 cm³/mol. The van der Waals surface area contributed by atoms with Crippen molar-refractivity contribution in [3.05, 3.63) is 86.8 Å². The summed E-state index contributed by atoms with van der Waals surface area (Å²) in [5.41, 5.74) is 1.95. The highest BCUT2D eigenvalue weighted by molar-refractivity contribution is 9.10. The van der Waals surface area contributed by atoms with Crippen molar-refractivity contribution < 1.29 is 13.2 Å². The van der Waals surface area contributed by atoms with E-state index in [1.807, 2.05) is 6.07 Å². The SMILES string of the molecule is O=C(CSCc1ccc(Cl)c(Cl)c1)Nc1ccc(S(=O)(=O)Nc2ccc(Br)cc2)cc1. The zero-order valence-corrected chi connectivity index (χ0v) is 20.7. The minimum Gasteiger partial charge on any atom is -0.325 e. The summed E-state index contributed by atoms with van der Waals surface area (Å²) < 4.78 is 28.4. The predicted octanol–water partition coefficient (Wildman–Crippen LogP) is 6.43. The summed E-state index contributed by atoms with van der Waals surface area (Å²) in [6.07, 6.45) is 0. The lowest BCUT2D eigenvalue weighted by molar-refractivity contribution is -0.113. The third-order valence-electron chi connectivity index (χ3n) is 4.03. The van der Waals surface area contributed by atoms with Crippen LogP contribution in [-0.4, -0.2) is 20.1 Å². The van der Waals surface area contributed by atoms with Gasteiger partial charge in [0.05, 0.1) is 20.7 Å². The summed E-state index contributed by atoms with van der Waals surface area (Å²) >= 11 is 16.6. The van der Waals surface area contributed by atoms with E-state index in [9.17, 15) is 13.2 Å². The van der Waals surface area contributed by atoms with E-state index in [0.29, 0.717) is 27.2 Å². The summed E-state index contributed by atoms with van der Waals surface area (Å²) in [5, 5.41) is 3.73. The third kappa shape index (κ3) is 7.15. The normalized spacial score (nSPS) is 11.2. The van der Waals surface area contributed by atoms with Gasteiger partial charge in [-0.15, -0.1) is 11.8 Å². The minimum absolute atomic E-state index is 0.0995. The molecule has 0 spiro atoms. The molecule has 0 atom stereocenters. The van der Waals surface area contributed by atoms with Crippen molar-refractivity contribution in [1.82, 2.24) is 0 Å². The fourth-order valence-electron chi connectivity index (χ4n) is 2.54. The topological polar surface area (TPSA) is 75.3 Å². The summed E-state index contributed by atoms with van der Waals surface area (Å²) in [6, 6.07) is 18.2. The molecule has 10 heteroatoms. The van der Waals surface area contributed by atoms with Crippen LogP contribution in [0.25, 0.3) is 0 Å². The molecule has 3 rings (SSSR count). The van der Waals surface area contributed by atoms with Gasteiger partial charge in [-0.2, -0.15) is 0 Å². The molecule has 0 aliphatic rings. The monoisotopic (exact) mass is 558 g/mol. The number of carbonyl (C=O) groups excluding carboxylic acids is 1. The summed E-state index contributed by atoms with van der Waals surface area (Å²) in [6.45, 7) is 0. The highest BCUT2D eigenvalue weighted by atomic mass is 79.9. The number of rotatable bonds is 8. The van der Waals surface area contributed by atoms with Crippen LogP contribution in [-0.2, 0) is 20.6 Å². The molecule has 162 valence electrons. The van der Waals surface area contributed by atoms with Crippen LogP contribution in [0.1, 0.15) is 5.56 Å². The van der Waals surface area contributed by atoms with Gasteiger partial charge in [-0.05, 0) is 66.2 Å². The molecular weight excluding hydrogens is 543 g/mol. The van der Waals surface area contributed by atoms with Crippen molar-refractivity contribution in [2.45, 2.75) is 10.6 Å². The Morgan fingerprint density at radius 2 is 1.55 bits per heavy atom. The Balaban J connectivity index is 1.52. The van der Waals surface area contributed by atoms with Gasteiger partial charge in [0, 0.05) is 21.6 Å². The van der Waals surface area contributed by atoms with Gasteiger partial charge >= 0.3 is 0 Å². The van der Waals surface area contributed by atoms with Crippen LogP contribution < -0.4 is 10.0 Å².